The zero-order chi connectivity index (χ0) is 10.7. The van der Waals surface area contributed by atoms with Crippen LogP contribution >= 0.6 is 0 Å². The molecule has 0 unspecified atom stereocenters. The Bertz CT molecular complexity index is 526. The molecule has 0 radical (unpaired) electrons. The number of phenols is 1. The summed E-state index contributed by atoms with van der Waals surface area (Å²) in [6.45, 7) is 0. The average molecular weight is 197 g/mol. The maximum atomic E-state index is 9.73. The summed E-state index contributed by atoms with van der Waals surface area (Å²) in [6.07, 6.45) is 1.04. The lowest BCUT2D eigenvalue weighted by atomic mass is 10.0. The quantitative estimate of drug-likeness (QED) is 0.804. The molecule has 2 nitrogen and oxygen atoms in total. The van der Waals surface area contributed by atoms with E-state index in [2.05, 4.69) is 6.07 Å². The van der Waals surface area contributed by atoms with Gasteiger partial charge in [-0.1, -0.05) is 24.3 Å². The third kappa shape index (κ3) is 1.92. The molecule has 74 valence electrons. The first-order valence-electron chi connectivity index (χ1n) is 4.89. The molecule has 0 saturated heterocycles. The number of aromatic hydroxyl groups is 1. The Hall–Kier alpha value is -2.01. The molecule has 0 aromatic heterocycles. The predicted octanol–water partition coefficient (Wildman–Crippen LogP) is 3.00. The summed E-state index contributed by atoms with van der Waals surface area (Å²) in [4.78, 5) is 0. The van der Waals surface area contributed by atoms with Gasteiger partial charge in [-0.2, -0.15) is 5.26 Å². The van der Waals surface area contributed by atoms with Gasteiger partial charge in [-0.05, 0) is 34.9 Å². The molecule has 1 N–H and O–H groups in total. The van der Waals surface area contributed by atoms with Crippen LogP contribution in [0.2, 0.25) is 0 Å². The van der Waals surface area contributed by atoms with E-state index in [1.54, 1.807) is 6.07 Å². The van der Waals surface area contributed by atoms with E-state index < -0.39 is 0 Å². The van der Waals surface area contributed by atoms with Crippen molar-refractivity contribution in [1.29, 1.82) is 5.26 Å². The molecule has 0 aliphatic rings. The van der Waals surface area contributed by atoms with E-state index in [-0.39, 0.29) is 5.75 Å². The Morgan fingerprint density at radius 1 is 1.13 bits per heavy atom. The number of phenolic OH excluding ortho intramolecular Hbond substituents is 1. The summed E-state index contributed by atoms with van der Waals surface area (Å²) in [5.41, 5.74) is 0.843. The first-order chi connectivity index (χ1) is 7.31. The van der Waals surface area contributed by atoms with E-state index in [0.29, 0.717) is 12.8 Å². The molecule has 0 bridgehead atoms. The van der Waals surface area contributed by atoms with Crippen LogP contribution in [0.4, 0.5) is 0 Å². The van der Waals surface area contributed by atoms with Gasteiger partial charge >= 0.3 is 0 Å². The predicted molar refractivity (Wildman–Crippen MR) is 59.5 cm³/mol. The Morgan fingerprint density at radius 3 is 2.47 bits per heavy atom. The van der Waals surface area contributed by atoms with Crippen molar-refractivity contribution >= 4 is 10.8 Å². The molecule has 0 spiro atoms. The normalized spacial score (nSPS) is 10.1. The van der Waals surface area contributed by atoms with Gasteiger partial charge in [0.2, 0.25) is 0 Å². The minimum absolute atomic E-state index is 0.281. The molecular formula is C13H11NO. The van der Waals surface area contributed by atoms with Crippen molar-refractivity contribution in [3.05, 3.63) is 42.0 Å². The van der Waals surface area contributed by atoms with Crippen LogP contribution in [0.5, 0.6) is 5.75 Å². The van der Waals surface area contributed by atoms with Gasteiger partial charge in [0.15, 0.2) is 0 Å². The number of hydrogen-bond donors (Lipinski definition) is 1. The second-order valence-corrected chi connectivity index (χ2v) is 3.49. The van der Waals surface area contributed by atoms with E-state index in [9.17, 15) is 5.11 Å². The first-order valence-corrected chi connectivity index (χ1v) is 4.89. The highest BCUT2D eigenvalue weighted by molar-refractivity contribution is 5.84. The average Bonchev–Trinajstić information content (AvgIpc) is 2.26. The van der Waals surface area contributed by atoms with Crippen LogP contribution in [-0.4, -0.2) is 5.11 Å². The van der Waals surface area contributed by atoms with Crippen molar-refractivity contribution < 1.29 is 5.11 Å². The topological polar surface area (TPSA) is 44.0 Å². The van der Waals surface area contributed by atoms with Gasteiger partial charge < -0.3 is 5.11 Å². The molecule has 0 amide bonds. The Kier molecular flexibility index (Phi) is 2.55. The molecule has 2 rings (SSSR count). The van der Waals surface area contributed by atoms with E-state index >= 15 is 0 Å². The third-order valence-corrected chi connectivity index (χ3v) is 2.45. The fourth-order valence-electron chi connectivity index (χ4n) is 1.67. The van der Waals surface area contributed by atoms with Crippen LogP contribution in [0.3, 0.4) is 0 Å². The lowest BCUT2D eigenvalue weighted by Gasteiger charge is -2.04. The molecule has 2 aromatic rings. The van der Waals surface area contributed by atoms with Gasteiger partial charge in [-0.3, -0.25) is 0 Å². The number of rotatable bonds is 2. The lowest BCUT2D eigenvalue weighted by Crippen LogP contribution is -1.85. The maximum absolute atomic E-state index is 9.73. The minimum atomic E-state index is 0.281. The van der Waals surface area contributed by atoms with Crippen molar-refractivity contribution in [2.75, 3.05) is 0 Å². The van der Waals surface area contributed by atoms with Crippen molar-refractivity contribution in [1.82, 2.24) is 0 Å². The monoisotopic (exact) mass is 197 g/mol. The SMILES string of the molecule is N#CCCc1cc2ccccc2cc1O. The number of benzene rings is 2. The van der Waals surface area contributed by atoms with Crippen LogP contribution in [0.1, 0.15) is 12.0 Å². The molecule has 2 aromatic carbocycles. The van der Waals surface area contributed by atoms with Crippen LogP contribution in [-0.2, 0) is 6.42 Å². The highest BCUT2D eigenvalue weighted by Crippen LogP contribution is 2.25. The largest absolute Gasteiger partial charge is 0.508 e. The lowest BCUT2D eigenvalue weighted by molar-refractivity contribution is 0.469. The summed E-state index contributed by atoms with van der Waals surface area (Å²) < 4.78 is 0. The summed E-state index contributed by atoms with van der Waals surface area (Å²) in [5.74, 6) is 0.281. The highest BCUT2D eigenvalue weighted by atomic mass is 16.3. The van der Waals surface area contributed by atoms with Crippen molar-refractivity contribution in [2.24, 2.45) is 0 Å². The molecule has 0 aliphatic heterocycles. The second-order valence-electron chi connectivity index (χ2n) is 3.49. The van der Waals surface area contributed by atoms with Gasteiger partial charge in [0.1, 0.15) is 5.75 Å². The zero-order valence-electron chi connectivity index (χ0n) is 8.27. The minimum Gasteiger partial charge on any atom is -0.508 e. The van der Waals surface area contributed by atoms with Crippen molar-refractivity contribution in [3.63, 3.8) is 0 Å². The highest BCUT2D eigenvalue weighted by Gasteiger charge is 2.02. The van der Waals surface area contributed by atoms with Gasteiger partial charge in [-0.15, -0.1) is 0 Å². The van der Waals surface area contributed by atoms with Gasteiger partial charge in [0.05, 0.1) is 6.07 Å². The summed E-state index contributed by atoms with van der Waals surface area (Å²) in [7, 11) is 0. The van der Waals surface area contributed by atoms with Gasteiger partial charge in [-0.25, -0.2) is 0 Å². The van der Waals surface area contributed by atoms with Crippen LogP contribution in [0.15, 0.2) is 36.4 Å². The molecule has 0 fully saturated rings. The van der Waals surface area contributed by atoms with E-state index in [4.69, 9.17) is 5.26 Å². The maximum Gasteiger partial charge on any atom is 0.119 e. The standard InChI is InChI=1S/C13H11NO/c14-7-3-6-12-8-10-4-1-2-5-11(10)9-13(12)15/h1-2,4-5,8-9,15H,3,6H2. The molecule has 0 atom stereocenters. The zero-order valence-corrected chi connectivity index (χ0v) is 8.27. The summed E-state index contributed by atoms with van der Waals surface area (Å²) in [6, 6.07) is 13.7. The molecule has 15 heavy (non-hydrogen) atoms. The van der Waals surface area contributed by atoms with Crippen molar-refractivity contribution in [2.45, 2.75) is 12.8 Å². The molecule has 0 heterocycles. The summed E-state index contributed by atoms with van der Waals surface area (Å²) >= 11 is 0. The van der Waals surface area contributed by atoms with E-state index in [0.717, 1.165) is 16.3 Å². The smallest absolute Gasteiger partial charge is 0.119 e. The van der Waals surface area contributed by atoms with Crippen LogP contribution < -0.4 is 0 Å². The molecule has 0 saturated carbocycles. The Balaban J connectivity index is 2.48. The summed E-state index contributed by atoms with van der Waals surface area (Å²) in [5, 5.41) is 20.3. The Morgan fingerprint density at radius 2 is 1.80 bits per heavy atom. The third-order valence-electron chi connectivity index (χ3n) is 2.45. The fourth-order valence-corrected chi connectivity index (χ4v) is 1.67. The van der Waals surface area contributed by atoms with E-state index in [1.165, 1.54) is 0 Å². The number of aryl methyl sites for hydroxylation is 1. The van der Waals surface area contributed by atoms with Crippen LogP contribution in [0, 0.1) is 11.3 Å². The number of nitriles is 1. The number of hydrogen-bond acceptors (Lipinski definition) is 2. The van der Waals surface area contributed by atoms with Crippen molar-refractivity contribution in [3.8, 4) is 11.8 Å². The Labute approximate surface area is 88.4 Å². The van der Waals surface area contributed by atoms with Crippen LogP contribution in [0.25, 0.3) is 10.8 Å². The van der Waals surface area contributed by atoms with Gasteiger partial charge in [0.25, 0.3) is 0 Å². The number of fused-ring (bicyclic) bond motifs is 1. The first kappa shape index (κ1) is 9.54. The van der Waals surface area contributed by atoms with E-state index in [1.807, 2.05) is 30.3 Å². The molecule has 2 heteroatoms. The second kappa shape index (κ2) is 4.02. The molecular weight excluding hydrogens is 186 g/mol. The fraction of sp³-hybridized carbons (Fsp3) is 0.154. The molecule has 0 aliphatic carbocycles. The number of nitrogens with zero attached hydrogens (tertiary/aromatic N) is 1. The van der Waals surface area contributed by atoms with Gasteiger partial charge in [0, 0.05) is 6.42 Å².